The van der Waals surface area contributed by atoms with Crippen LogP contribution in [-0.2, 0) is 6.54 Å². The molecule has 0 saturated carbocycles. The zero-order valence-corrected chi connectivity index (χ0v) is 9.71. The second-order valence-corrected chi connectivity index (χ2v) is 4.29. The van der Waals surface area contributed by atoms with Crippen molar-refractivity contribution < 1.29 is 13.2 Å². The third-order valence-corrected chi connectivity index (χ3v) is 2.71. The molecule has 0 aliphatic heterocycles. The fraction of sp³-hybridized carbons (Fsp3) is 0.667. The van der Waals surface area contributed by atoms with Crippen LogP contribution in [0.4, 0.5) is 13.2 Å². The summed E-state index contributed by atoms with van der Waals surface area (Å²) in [5.74, 6) is 0. The van der Waals surface area contributed by atoms with Crippen LogP contribution in [0.1, 0.15) is 10.7 Å². The molecule has 0 saturated heterocycles. The van der Waals surface area contributed by atoms with E-state index in [-0.39, 0.29) is 0 Å². The lowest BCUT2D eigenvalue weighted by Crippen LogP contribution is -2.34. The first-order valence-corrected chi connectivity index (χ1v) is 5.74. The lowest BCUT2D eigenvalue weighted by atomic mass is 10.5. The number of aryl methyl sites for hydroxylation is 1. The fourth-order valence-electron chi connectivity index (χ4n) is 1.09. The molecule has 3 nitrogen and oxygen atoms in total. The quantitative estimate of drug-likeness (QED) is 0.758. The number of nitrogens with zero attached hydrogens (tertiary/aromatic N) is 1. The molecule has 1 aromatic rings. The molecule has 0 bridgehead atoms. The van der Waals surface area contributed by atoms with E-state index in [2.05, 4.69) is 15.6 Å². The van der Waals surface area contributed by atoms with Crippen molar-refractivity contribution >= 4 is 11.3 Å². The van der Waals surface area contributed by atoms with Crippen LogP contribution in [0.2, 0.25) is 0 Å². The second-order valence-electron chi connectivity index (χ2n) is 3.35. The monoisotopic (exact) mass is 253 g/mol. The van der Waals surface area contributed by atoms with Crippen molar-refractivity contribution in [3.63, 3.8) is 0 Å². The average Bonchev–Trinajstić information content (AvgIpc) is 2.56. The molecule has 7 heteroatoms. The standard InChI is InChI=1S/C9H14F3N3S/c1-7-5-16-8(15-7)4-13-2-3-14-6-9(10,11)12/h5,13-14H,2-4,6H2,1H3. The molecular weight excluding hydrogens is 239 g/mol. The molecule has 0 amide bonds. The molecule has 92 valence electrons. The zero-order valence-electron chi connectivity index (χ0n) is 8.90. The number of hydrogen-bond donors (Lipinski definition) is 2. The van der Waals surface area contributed by atoms with E-state index in [9.17, 15) is 13.2 Å². The van der Waals surface area contributed by atoms with E-state index in [1.54, 1.807) is 11.3 Å². The first-order valence-electron chi connectivity index (χ1n) is 4.86. The Kier molecular flexibility index (Phi) is 5.17. The molecule has 0 spiro atoms. The maximum Gasteiger partial charge on any atom is 0.401 e. The minimum atomic E-state index is -4.13. The molecule has 1 aromatic heterocycles. The minimum Gasteiger partial charge on any atom is -0.309 e. The highest BCUT2D eigenvalue weighted by Crippen LogP contribution is 2.11. The molecule has 16 heavy (non-hydrogen) atoms. The lowest BCUT2D eigenvalue weighted by molar-refractivity contribution is -0.124. The van der Waals surface area contributed by atoms with Crippen molar-refractivity contribution in [1.29, 1.82) is 0 Å². The number of alkyl halides is 3. The molecule has 0 radical (unpaired) electrons. The second kappa shape index (κ2) is 6.17. The van der Waals surface area contributed by atoms with Crippen molar-refractivity contribution in [2.45, 2.75) is 19.6 Å². The third-order valence-electron chi connectivity index (χ3n) is 1.75. The Hall–Kier alpha value is -0.660. The summed E-state index contributed by atoms with van der Waals surface area (Å²) in [4.78, 5) is 4.22. The summed E-state index contributed by atoms with van der Waals surface area (Å²) in [6.45, 7) is 2.36. The first kappa shape index (κ1) is 13.4. The van der Waals surface area contributed by atoms with Crippen molar-refractivity contribution in [1.82, 2.24) is 15.6 Å². The third kappa shape index (κ3) is 6.04. The number of thiazole rings is 1. The van der Waals surface area contributed by atoms with Crippen molar-refractivity contribution in [3.05, 3.63) is 16.1 Å². The zero-order chi connectivity index (χ0) is 12.0. The van der Waals surface area contributed by atoms with Gasteiger partial charge in [-0.05, 0) is 6.92 Å². The molecule has 0 atom stereocenters. The molecule has 0 aromatic carbocycles. The molecule has 1 heterocycles. The number of halogens is 3. The Labute approximate surface area is 96.1 Å². The summed E-state index contributed by atoms with van der Waals surface area (Å²) in [6, 6.07) is 0. The van der Waals surface area contributed by atoms with Crippen molar-refractivity contribution in [2.75, 3.05) is 19.6 Å². The fourth-order valence-corrected chi connectivity index (χ4v) is 1.83. The van der Waals surface area contributed by atoms with E-state index in [1.165, 1.54) is 0 Å². The van der Waals surface area contributed by atoms with E-state index in [0.29, 0.717) is 19.6 Å². The van der Waals surface area contributed by atoms with Gasteiger partial charge in [0.1, 0.15) is 5.01 Å². The van der Waals surface area contributed by atoms with Crippen LogP contribution < -0.4 is 10.6 Å². The summed E-state index contributed by atoms with van der Waals surface area (Å²) >= 11 is 1.54. The lowest BCUT2D eigenvalue weighted by Gasteiger charge is -2.08. The highest BCUT2D eigenvalue weighted by Gasteiger charge is 2.25. The summed E-state index contributed by atoms with van der Waals surface area (Å²) in [6.07, 6.45) is -4.13. The summed E-state index contributed by atoms with van der Waals surface area (Å²) in [5.41, 5.74) is 0.969. The molecule has 0 aliphatic carbocycles. The van der Waals surface area contributed by atoms with Gasteiger partial charge in [-0.1, -0.05) is 0 Å². The number of rotatable bonds is 6. The van der Waals surface area contributed by atoms with E-state index >= 15 is 0 Å². The van der Waals surface area contributed by atoms with Crippen LogP contribution in [0.5, 0.6) is 0 Å². The smallest absolute Gasteiger partial charge is 0.309 e. The Balaban J connectivity index is 2.00. The topological polar surface area (TPSA) is 37.0 Å². The van der Waals surface area contributed by atoms with Gasteiger partial charge >= 0.3 is 6.18 Å². The van der Waals surface area contributed by atoms with Gasteiger partial charge in [-0.25, -0.2) is 4.98 Å². The Morgan fingerprint density at radius 1 is 1.31 bits per heavy atom. The number of nitrogens with one attached hydrogen (secondary N) is 2. The van der Waals surface area contributed by atoms with Gasteiger partial charge in [0.05, 0.1) is 6.54 Å². The summed E-state index contributed by atoms with van der Waals surface area (Å²) < 4.78 is 35.2. The highest BCUT2D eigenvalue weighted by atomic mass is 32.1. The molecule has 1 rings (SSSR count). The first-order chi connectivity index (χ1) is 7.47. The minimum absolute atomic E-state index is 0.296. The maximum atomic E-state index is 11.7. The Morgan fingerprint density at radius 3 is 2.56 bits per heavy atom. The van der Waals surface area contributed by atoms with Gasteiger partial charge in [-0.15, -0.1) is 11.3 Å². The predicted octanol–water partition coefficient (Wildman–Crippen LogP) is 1.69. The Bertz CT molecular complexity index is 311. The van der Waals surface area contributed by atoms with E-state index in [4.69, 9.17) is 0 Å². The Morgan fingerprint density at radius 2 is 2.00 bits per heavy atom. The maximum absolute atomic E-state index is 11.7. The predicted molar refractivity (Wildman–Crippen MR) is 57.5 cm³/mol. The molecule has 0 fully saturated rings. The molecule has 0 unspecified atom stereocenters. The molecule has 0 aliphatic rings. The number of hydrogen-bond acceptors (Lipinski definition) is 4. The number of aromatic nitrogens is 1. The van der Waals surface area contributed by atoms with E-state index in [1.807, 2.05) is 12.3 Å². The van der Waals surface area contributed by atoms with Gasteiger partial charge in [-0.3, -0.25) is 0 Å². The van der Waals surface area contributed by atoms with Crippen molar-refractivity contribution in [3.8, 4) is 0 Å². The SMILES string of the molecule is Cc1csc(CNCCNCC(F)(F)F)n1. The van der Waals surface area contributed by atoms with E-state index < -0.39 is 12.7 Å². The van der Waals surface area contributed by atoms with Crippen LogP contribution in [-0.4, -0.2) is 30.8 Å². The summed E-state index contributed by atoms with van der Waals surface area (Å²) in [5, 5.41) is 8.23. The highest BCUT2D eigenvalue weighted by molar-refractivity contribution is 7.09. The van der Waals surface area contributed by atoms with Gasteiger partial charge in [0.25, 0.3) is 0 Å². The van der Waals surface area contributed by atoms with Crippen LogP contribution in [0.25, 0.3) is 0 Å². The van der Waals surface area contributed by atoms with Gasteiger partial charge in [0, 0.05) is 30.7 Å². The largest absolute Gasteiger partial charge is 0.401 e. The normalized spacial score (nSPS) is 12.0. The van der Waals surface area contributed by atoms with Crippen molar-refractivity contribution in [2.24, 2.45) is 0 Å². The van der Waals surface area contributed by atoms with Gasteiger partial charge in [-0.2, -0.15) is 13.2 Å². The summed E-state index contributed by atoms with van der Waals surface area (Å²) in [7, 11) is 0. The molecule has 2 N–H and O–H groups in total. The van der Waals surface area contributed by atoms with Crippen LogP contribution in [0.15, 0.2) is 5.38 Å². The van der Waals surface area contributed by atoms with Gasteiger partial charge in [0.2, 0.25) is 0 Å². The van der Waals surface area contributed by atoms with Crippen LogP contribution in [0, 0.1) is 6.92 Å². The van der Waals surface area contributed by atoms with E-state index in [0.717, 1.165) is 10.7 Å². The average molecular weight is 253 g/mol. The van der Waals surface area contributed by atoms with Crippen LogP contribution in [0.3, 0.4) is 0 Å². The molecular formula is C9H14F3N3S. The van der Waals surface area contributed by atoms with Gasteiger partial charge in [0.15, 0.2) is 0 Å². The van der Waals surface area contributed by atoms with Crippen LogP contribution >= 0.6 is 11.3 Å². The van der Waals surface area contributed by atoms with Gasteiger partial charge < -0.3 is 10.6 Å².